The van der Waals surface area contributed by atoms with Crippen LogP contribution in [0.3, 0.4) is 0 Å². The maximum absolute atomic E-state index is 14.4. The molecule has 0 unspecified atom stereocenters. The molecule has 3 N–H and O–H groups in total. The third-order valence-corrected chi connectivity index (χ3v) is 6.38. The number of anilines is 1. The largest absolute Gasteiger partial charge is 0.465 e. The number of fused-ring (bicyclic) bond motifs is 2. The van der Waals surface area contributed by atoms with E-state index < -0.39 is 17.8 Å². The van der Waals surface area contributed by atoms with Crippen molar-refractivity contribution in [1.82, 2.24) is 39.1 Å². The number of pyridine rings is 2. The monoisotopic (exact) mass is 523 g/mol. The maximum atomic E-state index is 14.4. The Morgan fingerprint density at radius 3 is 2.84 bits per heavy atom. The molecule has 37 heavy (non-hydrogen) atoms. The molecule has 0 aliphatic heterocycles. The van der Waals surface area contributed by atoms with Gasteiger partial charge in [-0.1, -0.05) is 16.8 Å². The SMILES string of the molecule is O=C(O)Nc1cc(C2CC2)cn2cc(Cn3cc(C(=O)NCc4ncn5ccc(Cl)c(F)c45)nn3)nc12. The average molecular weight is 524 g/mol. The van der Waals surface area contributed by atoms with Gasteiger partial charge in [0.2, 0.25) is 0 Å². The molecular formula is C23H19ClFN9O3. The number of nitrogens with zero attached hydrogens (tertiary/aromatic N) is 7. The van der Waals surface area contributed by atoms with Crippen LogP contribution in [0.15, 0.2) is 43.2 Å². The first kappa shape index (κ1) is 22.9. The highest BCUT2D eigenvalue weighted by molar-refractivity contribution is 6.31. The molecule has 5 heterocycles. The third kappa shape index (κ3) is 4.44. The predicted octanol–water partition coefficient (Wildman–Crippen LogP) is 3.31. The van der Waals surface area contributed by atoms with E-state index in [4.69, 9.17) is 11.6 Å². The van der Waals surface area contributed by atoms with Crippen LogP contribution in [0.25, 0.3) is 11.2 Å². The van der Waals surface area contributed by atoms with E-state index in [1.165, 1.54) is 27.7 Å². The second-order valence-corrected chi connectivity index (χ2v) is 9.17. The Morgan fingerprint density at radius 2 is 2.05 bits per heavy atom. The van der Waals surface area contributed by atoms with Gasteiger partial charge in [0, 0.05) is 18.6 Å². The summed E-state index contributed by atoms with van der Waals surface area (Å²) in [5.41, 5.74) is 3.11. The normalized spacial score (nSPS) is 13.4. The van der Waals surface area contributed by atoms with Crippen LogP contribution in [-0.2, 0) is 13.1 Å². The van der Waals surface area contributed by atoms with Gasteiger partial charge in [0.1, 0.15) is 5.52 Å². The van der Waals surface area contributed by atoms with E-state index in [1.54, 1.807) is 16.8 Å². The molecule has 0 saturated heterocycles. The number of amides is 2. The van der Waals surface area contributed by atoms with Crippen molar-refractivity contribution in [3.63, 3.8) is 0 Å². The lowest BCUT2D eigenvalue weighted by Gasteiger charge is -2.06. The molecule has 0 atom stereocenters. The summed E-state index contributed by atoms with van der Waals surface area (Å²) < 4.78 is 19.1. The molecule has 5 aromatic heterocycles. The van der Waals surface area contributed by atoms with Crippen molar-refractivity contribution in [2.75, 3.05) is 5.32 Å². The number of nitrogens with one attached hydrogen (secondary N) is 2. The minimum Gasteiger partial charge on any atom is -0.465 e. The Kier molecular flexibility index (Phi) is 5.48. The van der Waals surface area contributed by atoms with E-state index in [9.17, 15) is 19.1 Å². The number of rotatable bonds is 7. The average Bonchev–Trinajstić information content (AvgIpc) is 3.27. The van der Waals surface area contributed by atoms with Crippen LogP contribution in [0.1, 0.15) is 46.2 Å². The Hall–Kier alpha value is -4.52. The van der Waals surface area contributed by atoms with Gasteiger partial charge >= 0.3 is 6.09 Å². The molecular weight excluding hydrogens is 505 g/mol. The molecule has 12 nitrogen and oxygen atoms in total. The fourth-order valence-electron chi connectivity index (χ4n) is 4.21. The second-order valence-electron chi connectivity index (χ2n) is 8.76. The molecule has 2 amide bonds. The summed E-state index contributed by atoms with van der Waals surface area (Å²) in [7, 11) is 0. The van der Waals surface area contributed by atoms with Crippen LogP contribution in [0, 0.1) is 5.82 Å². The van der Waals surface area contributed by atoms with Crippen molar-refractivity contribution >= 4 is 40.5 Å². The van der Waals surface area contributed by atoms with Gasteiger partial charge in [-0.2, -0.15) is 0 Å². The van der Waals surface area contributed by atoms with E-state index in [2.05, 4.69) is 30.9 Å². The first-order chi connectivity index (χ1) is 17.9. The van der Waals surface area contributed by atoms with Crippen LogP contribution in [-0.4, -0.2) is 50.9 Å². The first-order valence-electron chi connectivity index (χ1n) is 11.3. The van der Waals surface area contributed by atoms with Crippen LogP contribution >= 0.6 is 11.6 Å². The zero-order valence-corrected chi connectivity index (χ0v) is 19.9. The quantitative estimate of drug-likeness (QED) is 0.297. The lowest BCUT2D eigenvalue weighted by Crippen LogP contribution is -2.23. The second kappa shape index (κ2) is 8.85. The fraction of sp³-hybridized carbons (Fsp3) is 0.217. The van der Waals surface area contributed by atoms with Crippen LogP contribution in [0.5, 0.6) is 0 Å². The van der Waals surface area contributed by atoms with Gasteiger partial charge in [-0.15, -0.1) is 5.10 Å². The Labute approximate surface area is 212 Å². The van der Waals surface area contributed by atoms with Crippen molar-refractivity contribution in [2.45, 2.75) is 31.8 Å². The third-order valence-electron chi connectivity index (χ3n) is 6.09. The van der Waals surface area contributed by atoms with Gasteiger partial charge in [-0.05, 0) is 36.5 Å². The van der Waals surface area contributed by atoms with Crippen molar-refractivity contribution in [1.29, 1.82) is 0 Å². The summed E-state index contributed by atoms with van der Waals surface area (Å²) >= 11 is 5.86. The summed E-state index contributed by atoms with van der Waals surface area (Å²) in [4.78, 5) is 32.6. The molecule has 1 aliphatic carbocycles. The molecule has 1 fully saturated rings. The zero-order valence-electron chi connectivity index (χ0n) is 19.1. The number of carbonyl (C=O) groups is 2. The molecule has 1 saturated carbocycles. The van der Waals surface area contributed by atoms with Crippen molar-refractivity contribution in [3.05, 3.63) is 76.7 Å². The van der Waals surface area contributed by atoms with Gasteiger partial charge in [0.25, 0.3) is 5.91 Å². The highest BCUT2D eigenvalue weighted by atomic mass is 35.5. The maximum Gasteiger partial charge on any atom is 0.409 e. The number of halogens is 2. The highest BCUT2D eigenvalue weighted by Crippen LogP contribution is 2.41. The Balaban J connectivity index is 1.17. The Bertz CT molecular complexity index is 1690. The standard InChI is InChI=1S/C23H19ClFN9O3/c24-15-3-4-32-11-27-17(20(32)19(15)25)6-26-22(35)18-10-34(31-30-18)9-14-8-33-7-13(12-1-2-12)5-16(21(33)28-14)29-23(36)37/h3-5,7-8,10-12,29H,1-2,6,9H2,(H,26,35)(H,36,37). The first-order valence-corrected chi connectivity index (χ1v) is 11.7. The highest BCUT2D eigenvalue weighted by Gasteiger charge is 2.25. The molecule has 0 bridgehead atoms. The van der Waals surface area contributed by atoms with E-state index in [1.807, 2.05) is 12.3 Å². The van der Waals surface area contributed by atoms with Gasteiger partial charge in [-0.3, -0.25) is 10.1 Å². The number of aromatic nitrogens is 7. The molecule has 0 radical (unpaired) electrons. The zero-order chi connectivity index (χ0) is 25.7. The Morgan fingerprint density at radius 1 is 1.22 bits per heavy atom. The molecule has 0 aromatic carbocycles. The van der Waals surface area contributed by atoms with E-state index in [0.717, 1.165) is 18.4 Å². The molecule has 6 rings (SSSR count). The van der Waals surface area contributed by atoms with Crippen LogP contribution in [0.4, 0.5) is 14.9 Å². The minimum absolute atomic E-state index is 0.0332. The van der Waals surface area contributed by atoms with Gasteiger partial charge < -0.3 is 19.2 Å². The minimum atomic E-state index is -1.17. The van der Waals surface area contributed by atoms with Gasteiger partial charge in [0.15, 0.2) is 17.2 Å². The molecule has 0 spiro atoms. The van der Waals surface area contributed by atoms with E-state index in [0.29, 0.717) is 28.6 Å². The number of carbonyl (C=O) groups excluding carboxylic acids is 1. The molecule has 188 valence electrons. The predicted molar refractivity (Wildman–Crippen MR) is 129 cm³/mol. The van der Waals surface area contributed by atoms with Gasteiger partial charge in [0.05, 0.1) is 47.7 Å². The topological polar surface area (TPSA) is 144 Å². The summed E-state index contributed by atoms with van der Waals surface area (Å²) in [5.74, 6) is -0.697. The van der Waals surface area contributed by atoms with E-state index in [-0.39, 0.29) is 29.3 Å². The number of hydrogen-bond donors (Lipinski definition) is 3. The van der Waals surface area contributed by atoms with Crippen LogP contribution < -0.4 is 10.6 Å². The van der Waals surface area contributed by atoms with Crippen molar-refractivity contribution in [3.8, 4) is 0 Å². The molecule has 5 aromatic rings. The fourth-order valence-corrected chi connectivity index (χ4v) is 4.35. The number of imidazole rings is 2. The number of carboxylic acid groups (broad SMARTS) is 1. The van der Waals surface area contributed by atoms with Crippen molar-refractivity contribution < 1.29 is 19.1 Å². The van der Waals surface area contributed by atoms with E-state index >= 15 is 0 Å². The number of hydrogen-bond acceptors (Lipinski definition) is 6. The van der Waals surface area contributed by atoms with Crippen molar-refractivity contribution in [2.24, 2.45) is 0 Å². The molecule has 1 aliphatic rings. The lowest BCUT2D eigenvalue weighted by atomic mass is 10.2. The van der Waals surface area contributed by atoms with Crippen LogP contribution in [0.2, 0.25) is 5.02 Å². The smallest absolute Gasteiger partial charge is 0.409 e. The summed E-state index contributed by atoms with van der Waals surface area (Å²) in [6.07, 6.45) is 9.20. The summed E-state index contributed by atoms with van der Waals surface area (Å²) in [5, 5.41) is 22.2. The summed E-state index contributed by atoms with van der Waals surface area (Å²) in [6, 6.07) is 3.24. The lowest BCUT2D eigenvalue weighted by molar-refractivity contribution is 0.0945. The van der Waals surface area contributed by atoms with Gasteiger partial charge in [-0.25, -0.2) is 23.8 Å². The summed E-state index contributed by atoms with van der Waals surface area (Å²) in [6.45, 7) is 0.178. The molecule has 14 heteroatoms.